The Morgan fingerprint density at radius 3 is 2.53 bits per heavy atom. The number of hydrogen-bond donors (Lipinski definition) is 1. The van der Waals surface area contributed by atoms with Crippen molar-refractivity contribution < 1.29 is 13.2 Å². The molecule has 3 nitrogen and oxygen atoms in total. The van der Waals surface area contributed by atoms with Crippen molar-refractivity contribution in [3.8, 4) is 10.6 Å². The van der Waals surface area contributed by atoms with Crippen LogP contribution in [0, 0.1) is 0 Å². The van der Waals surface area contributed by atoms with Crippen molar-refractivity contribution in [2.24, 2.45) is 0 Å². The predicted molar refractivity (Wildman–Crippen MR) is 62.5 cm³/mol. The molecule has 1 aromatic carbocycles. The number of alkyl halides is 3. The van der Waals surface area contributed by atoms with E-state index in [1.165, 1.54) is 12.1 Å². The van der Waals surface area contributed by atoms with E-state index in [1.54, 1.807) is 0 Å². The normalized spacial score (nSPS) is 11.8. The quantitative estimate of drug-likeness (QED) is 0.872. The summed E-state index contributed by atoms with van der Waals surface area (Å²) in [7, 11) is 0. The molecule has 0 unspecified atom stereocenters. The highest BCUT2D eigenvalue weighted by molar-refractivity contribution is 9.10. The van der Waals surface area contributed by atoms with E-state index in [1.807, 2.05) is 0 Å². The molecule has 1 heterocycles. The second-order valence-corrected chi connectivity index (χ2v) is 4.81. The van der Waals surface area contributed by atoms with Crippen LogP contribution < -0.4 is 5.73 Å². The molecule has 0 saturated carbocycles. The minimum absolute atomic E-state index is 0.0186. The summed E-state index contributed by atoms with van der Waals surface area (Å²) in [4.78, 5) is 3.75. The van der Waals surface area contributed by atoms with Gasteiger partial charge in [0.05, 0.1) is 5.56 Å². The third-order valence-corrected chi connectivity index (χ3v) is 3.21. The number of nitrogens with two attached hydrogens (primary N) is 1. The molecule has 2 aromatic rings. The molecule has 2 rings (SSSR count). The lowest BCUT2D eigenvalue weighted by atomic mass is 10.1. The average molecular weight is 324 g/mol. The molecule has 1 aromatic heterocycles. The maximum atomic E-state index is 12.8. The molecule has 8 heteroatoms. The van der Waals surface area contributed by atoms with Crippen molar-refractivity contribution in [1.29, 1.82) is 0 Å². The van der Waals surface area contributed by atoms with Crippen molar-refractivity contribution >= 4 is 33.4 Å². The number of nitrogens with zero attached hydrogens (tertiary/aromatic N) is 2. The van der Waals surface area contributed by atoms with Crippen LogP contribution in [0.4, 0.5) is 19.1 Å². The number of nitrogen functional groups attached to an aromatic ring is 1. The minimum atomic E-state index is -4.44. The summed E-state index contributed by atoms with van der Waals surface area (Å²) < 4.78 is 42.5. The van der Waals surface area contributed by atoms with Crippen LogP contribution in [0.3, 0.4) is 0 Å². The van der Waals surface area contributed by atoms with Crippen molar-refractivity contribution in [3.63, 3.8) is 0 Å². The summed E-state index contributed by atoms with van der Waals surface area (Å²) in [6, 6.07) is 3.86. The van der Waals surface area contributed by atoms with Gasteiger partial charge in [0.25, 0.3) is 0 Å². The summed E-state index contributed by atoms with van der Waals surface area (Å²) in [6.45, 7) is 0. The lowest BCUT2D eigenvalue weighted by Crippen LogP contribution is -2.07. The first-order chi connectivity index (χ1) is 7.88. The van der Waals surface area contributed by atoms with E-state index in [9.17, 15) is 13.2 Å². The minimum Gasteiger partial charge on any atom is -0.367 e. The van der Waals surface area contributed by atoms with E-state index in [2.05, 4.69) is 25.3 Å². The molecule has 0 aliphatic heterocycles. The van der Waals surface area contributed by atoms with Gasteiger partial charge in [-0.3, -0.25) is 0 Å². The molecular formula is C9H5BrF3N3S. The molecule has 17 heavy (non-hydrogen) atoms. The third kappa shape index (κ3) is 2.58. The molecule has 0 amide bonds. The van der Waals surface area contributed by atoms with Gasteiger partial charge in [0.2, 0.25) is 5.95 Å². The highest BCUT2D eigenvalue weighted by atomic mass is 79.9. The fraction of sp³-hybridized carbons (Fsp3) is 0.111. The number of anilines is 1. The number of hydrogen-bond acceptors (Lipinski definition) is 4. The molecule has 0 aliphatic carbocycles. The van der Waals surface area contributed by atoms with Crippen molar-refractivity contribution in [1.82, 2.24) is 9.36 Å². The van der Waals surface area contributed by atoms with Crippen LogP contribution in [0.2, 0.25) is 0 Å². The van der Waals surface area contributed by atoms with E-state index >= 15 is 0 Å². The van der Waals surface area contributed by atoms with Crippen LogP contribution >= 0.6 is 27.5 Å². The van der Waals surface area contributed by atoms with Crippen molar-refractivity contribution in [3.05, 3.63) is 28.2 Å². The summed E-state index contributed by atoms with van der Waals surface area (Å²) in [5, 5.41) is 0.155. The molecule has 90 valence electrons. The van der Waals surface area contributed by atoms with Crippen molar-refractivity contribution in [2.45, 2.75) is 6.18 Å². The molecule has 0 bridgehead atoms. The number of halogens is 4. The lowest BCUT2D eigenvalue weighted by molar-refractivity contribution is -0.137. The topological polar surface area (TPSA) is 51.8 Å². The first-order valence-corrected chi connectivity index (χ1v) is 5.91. The Bertz CT molecular complexity index is 553. The van der Waals surface area contributed by atoms with Gasteiger partial charge in [0.15, 0.2) is 0 Å². The zero-order valence-electron chi connectivity index (χ0n) is 8.12. The Labute approximate surface area is 107 Å². The molecule has 0 atom stereocenters. The molecule has 2 N–H and O–H groups in total. The van der Waals surface area contributed by atoms with Crippen LogP contribution in [0.5, 0.6) is 0 Å². The van der Waals surface area contributed by atoms with Gasteiger partial charge < -0.3 is 5.73 Å². The SMILES string of the molecule is Nc1nsc(-c2ccc(Br)cc2C(F)(F)F)n1. The highest BCUT2D eigenvalue weighted by Gasteiger charge is 2.34. The average Bonchev–Trinajstić information content (AvgIpc) is 2.63. The third-order valence-electron chi connectivity index (χ3n) is 1.96. The van der Waals surface area contributed by atoms with Crippen molar-refractivity contribution in [2.75, 3.05) is 5.73 Å². The van der Waals surface area contributed by atoms with Gasteiger partial charge in [0.1, 0.15) is 5.01 Å². The van der Waals surface area contributed by atoms with Crippen LogP contribution in [-0.4, -0.2) is 9.36 Å². The smallest absolute Gasteiger partial charge is 0.367 e. The Hall–Kier alpha value is -1.15. The summed E-state index contributed by atoms with van der Waals surface area (Å²) in [6.07, 6.45) is -4.44. The van der Waals surface area contributed by atoms with Crippen LogP contribution in [-0.2, 0) is 6.18 Å². The highest BCUT2D eigenvalue weighted by Crippen LogP contribution is 2.39. The number of benzene rings is 1. The Kier molecular flexibility index (Phi) is 3.09. The van der Waals surface area contributed by atoms with Gasteiger partial charge in [-0.05, 0) is 23.7 Å². The van der Waals surface area contributed by atoms with Gasteiger partial charge in [-0.25, -0.2) is 0 Å². The summed E-state index contributed by atoms with van der Waals surface area (Å²) >= 11 is 3.85. The fourth-order valence-electron chi connectivity index (χ4n) is 1.28. The van der Waals surface area contributed by atoms with Crippen LogP contribution in [0.1, 0.15) is 5.56 Å². The maximum Gasteiger partial charge on any atom is 0.417 e. The van der Waals surface area contributed by atoms with Gasteiger partial charge >= 0.3 is 6.18 Å². The number of aromatic nitrogens is 2. The van der Waals surface area contributed by atoms with Gasteiger partial charge in [0, 0.05) is 10.0 Å². The Morgan fingerprint density at radius 2 is 2.00 bits per heavy atom. The molecule has 0 fully saturated rings. The van der Waals surface area contributed by atoms with E-state index in [0.29, 0.717) is 4.47 Å². The Balaban J connectivity index is 2.61. The standard InChI is InChI=1S/C9H5BrF3N3S/c10-4-1-2-5(6(3-4)9(11,12)13)7-15-8(14)16-17-7/h1-3H,(H2,14,16). The van der Waals surface area contributed by atoms with Gasteiger partial charge in [-0.15, -0.1) is 0 Å². The van der Waals surface area contributed by atoms with Gasteiger partial charge in [-0.2, -0.15) is 22.5 Å². The lowest BCUT2D eigenvalue weighted by Gasteiger charge is -2.11. The first kappa shape index (κ1) is 12.3. The Morgan fingerprint density at radius 1 is 1.29 bits per heavy atom. The molecule has 0 aliphatic rings. The molecule has 0 spiro atoms. The van der Waals surface area contributed by atoms with E-state index in [-0.39, 0.29) is 16.5 Å². The number of rotatable bonds is 1. The zero-order valence-corrected chi connectivity index (χ0v) is 10.5. The molecule has 0 radical (unpaired) electrons. The second-order valence-electron chi connectivity index (χ2n) is 3.15. The predicted octanol–water partition coefficient (Wildman–Crippen LogP) is 3.57. The monoisotopic (exact) mass is 323 g/mol. The zero-order chi connectivity index (χ0) is 12.6. The molecular weight excluding hydrogens is 319 g/mol. The largest absolute Gasteiger partial charge is 0.417 e. The first-order valence-electron chi connectivity index (χ1n) is 4.34. The summed E-state index contributed by atoms with van der Waals surface area (Å²) in [5.41, 5.74) is 4.52. The van der Waals surface area contributed by atoms with E-state index < -0.39 is 11.7 Å². The van der Waals surface area contributed by atoms with E-state index in [0.717, 1.165) is 17.6 Å². The second kappa shape index (κ2) is 4.26. The summed E-state index contributed by atoms with van der Waals surface area (Å²) in [5.74, 6) is -0.0268. The van der Waals surface area contributed by atoms with Gasteiger partial charge in [-0.1, -0.05) is 22.0 Å². The fourth-order valence-corrected chi connectivity index (χ4v) is 2.27. The van der Waals surface area contributed by atoms with E-state index in [4.69, 9.17) is 5.73 Å². The maximum absolute atomic E-state index is 12.8. The van der Waals surface area contributed by atoms with Crippen LogP contribution in [0.25, 0.3) is 10.6 Å². The molecule has 0 saturated heterocycles. The van der Waals surface area contributed by atoms with Crippen LogP contribution in [0.15, 0.2) is 22.7 Å².